The number of hydrogen-bond acceptors (Lipinski definition) is 2. The lowest BCUT2D eigenvalue weighted by Gasteiger charge is -2.42. The van der Waals surface area contributed by atoms with Gasteiger partial charge in [-0.1, -0.05) is 19.8 Å². The van der Waals surface area contributed by atoms with E-state index in [9.17, 15) is 13.2 Å². The van der Waals surface area contributed by atoms with Crippen LogP contribution in [0.3, 0.4) is 0 Å². The van der Waals surface area contributed by atoms with Crippen molar-refractivity contribution in [2.24, 2.45) is 5.92 Å². The van der Waals surface area contributed by atoms with E-state index in [0.29, 0.717) is 25.3 Å². The Morgan fingerprint density at radius 1 is 1.47 bits per heavy atom. The van der Waals surface area contributed by atoms with Gasteiger partial charge in [-0.05, 0) is 32.7 Å². The summed E-state index contributed by atoms with van der Waals surface area (Å²) in [6.07, 6.45) is -2.54. The van der Waals surface area contributed by atoms with Crippen molar-refractivity contribution in [2.45, 2.75) is 57.4 Å². The van der Waals surface area contributed by atoms with Crippen LogP contribution < -0.4 is 5.32 Å². The third-order valence-corrected chi connectivity index (χ3v) is 3.44. The molecule has 5 heteroatoms. The number of likely N-dealkylation sites (N-methyl/N-ethyl adjacent to an activating group) is 1. The van der Waals surface area contributed by atoms with Crippen molar-refractivity contribution in [1.29, 1.82) is 0 Å². The first-order chi connectivity index (χ1) is 7.79. The van der Waals surface area contributed by atoms with Gasteiger partial charge in [-0.3, -0.25) is 0 Å². The molecule has 0 aromatic carbocycles. The minimum absolute atomic E-state index is 0.428. The number of alkyl halides is 3. The Morgan fingerprint density at radius 2 is 2.12 bits per heavy atom. The zero-order valence-electron chi connectivity index (χ0n) is 10.7. The molecular weight excluding hydrogens is 231 g/mol. The van der Waals surface area contributed by atoms with E-state index in [0.717, 1.165) is 19.8 Å². The minimum Gasteiger partial charge on any atom is -0.361 e. The largest absolute Gasteiger partial charge is 0.414 e. The number of ether oxygens (including phenoxy) is 1. The van der Waals surface area contributed by atoms with Crippen LogP contribution in [0.4, 0.5) is 13.2 Å². The summed E-state index contributed by atoms with van der Waals surface area (Å²) in [6.45, 7) is 3.65. The van der Waals surface area contributed by atoms with Crippen molar-refractivity contribution < 1.29 is 17.9 Å². The van der Waals surface area contributed by atoms with Gasteiger partial charge in [0.2, 0.25) is 0 Å². The zero-order chi connectivity index (χ0) is 13.1. The second-order valence-electron chi connectivity index (χ2n) is 5.22. The normalized spacial score (nSPS) is 32.5. The molecule has 0 heterocycles. The summed E-state index contributed by atoms with van der Waals surface area (Å²) in [5.74, 6) is 0.428. The highest BCUT2D eigenvalue weighted by Gasteiger charge is 2.44. The Labute approximate surface area is 101 Å². The molecule has 1 N–H and O–H groups in total. The van der Waals surface area contributed by atoms with Crippen LogP contribution in [0.25, 0.3) is 0 Å². The highest BCUT2D eigenvalue weighted by atomic mass is 19.4. The number of halogens is 3. The Kier molecular flexibility index (Phi) is 4.84. The Balaban J connectivity index is 2.71. The van der Waals surface area contributed by atoms with E-state index < -0.39 is 17.9 Å². The third kappa shape index (κ3) is 4.14. The van der Waals surface area contributed by atoms with E-state index in [1.807, 2.05) is 0 Å². The first-order valence-electron chi connectivity index (χ1n) is 6.18. The van der Waals surface area contributed by atoms with Crippen LogP contribution in [0.2, 0.25) is 0 Å². The summed E-state index contributed by atoms with van der Waals surface area (Å²) in [5.41, 5.74) is -0.651. The van der Waals surface area contributed by atoms with Gasteiger partial charge in [-0.2, -0.15) is 13.2 Å². The molecule has 1 rings (SSSR count). The lowest BCUT2D eigenvalue weighted by molar-refractivity contribution is -0.253. The van der Waals surface area contributed by atoms with Crippen LogP contribution in [0.5, 0.6) is 0 Å². The topological polar surface area (TPSA) is 21.3 Å². The van der Waals surface area contributed by atoms with E-state index in [-0.39, 0.29) is 0 Å². The second-order valence-corrected chi connectivity index (χ2v) is 5.22. The second kappa shape index (κ2) is 5.57. The lowest BCUT2D eigenvalue weighted by Crippen LogP contribution is -2.49. The van der Waals surface area contributed by atoms with Crippen molar-refractivity contribution in [3.63, 3.8) is 0 Å². The first kappa shape index (κ1) is 14.8. The standard InChI is InChI=1S/C12H22F3NO/c1-9-5-4-6-11(7-9,8-16-3)17-10(2)12(13,14)15/h9-10,16H,4-8H2,1-3H3. The highest BCUT2D eigenvalue weighted by molar-refractivity contribution is 4.90. The molecule has 1 fully saturated rings. The van der Waals surface area contributed by atoms with Crippen LogP contribution in [-0.2, 0) is 4.74 Å². The Hall–Kier alpha value is -0.290. The quantitative estimate of drug-likeness (QED) is 0.831. The van der Waals surface area contributed by atoms with Crippen LogP contribution in [0.1, 0.15) is 39.5 Å². The smallest absolute Gasteiger partial charge is 0.361 e. The van der Waals surface area contributed by atoms with Gasteiger partial charge in [0.15, 0.2) is 6.10 Å². The van der Waals surface area contributed by atoms with Gasteiger partial charge in [-0.25, -0.2) is 0 Å². The molecule has 2 nitrogen and oxygen atoms in total. The maximum absolute atomic E-state index is 12.6. The predicted molar refractivity (Wildman–Crippen MR) is 60.9 cm³/mol. The highest BCUT2D eigenvalue weighted by Crippen LogP contribution is 2.38. The van der Waals surface area contributed by atoms with Crippen molar-refractivity contribution in [2.75, 3.05) is 13.6 Å². The molecule has 0 spiro atoms. The maximum Gasteiger partial charge on any atom is 0.414 e. The summed E-state index contributed by atoms with van der Waals surface area (Å²) in [6, 6.07) is 0. The van der Waals surface area contributed by atoms with Crippen LogP contribution in [-0.4, -0.2) is 31.5 Å². The fraction of sp³-hybridized carbons (Fsp3) is 1.00. The molecule has 0 radical (unpaired) electrons. The van der Waals surface area contributed by atoms with Crippen molar-refractivity contribution >= 4 is 0 Å². The van der Waals surface area contributed by atoms with E-state index in [1.165, 1.54) is 0 Å². The first-order valence-corrected chi connectivity index (χ1v) is 6.18. The average Bonchev–Trinajstić information content (AvgIpc) is 2.15. The van der Waals surface area contributed by atoms with Crippen LogP contribution in [0, 0.1) is 5.92 Å². The SMILES string of the molecule is CNCC1(OC(C)C(F)(F)F)CCCC(C)C1. The molecule has 0 amide bonds. The van der Waals surface area contributed by atoms with Crippen molar-refractivity contribution in [3.05, 3.63) is 0 Å². The maximum atomic E-state index is 12.6. The van der Waals surface area contributed by atoms with Gasteiger partial charge < -0.3 is 10.1 Å². The molecule has 3 unspecified atom stereocenters. The fourth-order valence-corrected chi connectivity index (χ4v) is 2.69. The van der Waals surface area contributed by atoms with Crippen molar-refractivity contribution in [1.82, 2.24) is 5.32 Å². The van der Waals surface area contributed by atoms with Gasteiger partial charge in [-0.15, -0.1) is 0 Å². The predicted octanol–water partition coefficient (Wildman–Crippen LogP) is 3.12. The Morgan fingerprint density at radius 3 is 2.59 bits per heavy atom. The summed E-state index contributed by atoms with van der Waals surface area (Å²) in [7, 11) is 1.75. The molecule has 0 aromatic rings. The number of rotatable bonds is 4. The molecule has 17 heavy (non-hydrogen) atoms. The van der Waals surface area contributed by atoms with Crippen LogP contribution in [0.15, 0.2) is 0 Å². The fourth-order valence-electron chi connectivity index (χ4n) is 2.69. The van der Waals surface area contributed by atoms with E-state index in [1.54, 1.807) is 7.05 Å². The van der Waals surface area contributed by atoms with Gasteiger partial charge >= 0.3 is 6.18 Å². The summed E-state index contributed by atoms with van der Waals surface area (Å²) in [5, 5.41) is 2.96. The molecule has 0 aliphatic heterocycles. The van der Waals surface area contributed by atoms with Gasteiger partial charge in [0, 0.05) is 6.54 Å². The molecule has 1 aliphatic carbocycles. The minimum atomic E-state index is -4.28. The summed E-state index contributed by atoms with van der Waals surface area (Å²) in [4.78, 5) is 0. The zero-order valence-corrected chi connectivity index (χ0v) is 10.7. The molecule has 1 aliphatic rings. The van der Waals surface area contributed by atoms with Gasteiger partial charge in [0.25, 0.3) is 0 Å². The van der Waals surface area contributed by atoms with Crippen LogP contribution >= 0.6 is 0 Å². The number of nitrogens with one attached hydrogen (secondary N) is 1. The Bertz CT molecular complexity index is 240. The molecule has 0 saturated heterocycles. The lowest BCUT2D eigenvalue weighted by atomic mass is 9.78. The molecular formula is C12H22F3NO. The van der Waals surface area contributed by atoms with E-state index in [4.69, 9.17) is 4.74 Å². The van der Waals surface area contributed by atoms with Crippen molar-refractivity contribution in [3.8, 4) is 0 Å². The van der Waals surface area contributed by atoms with Gasteiger partial charge in [0.1, 0.15) is 0 Å². The average molecular weight is 253 g/mol. The monoisotopic (exact) mass is 253 g/mol. The molecule has 0 bridgehead atoms. The summed E-state index contributed by atoms with van der Waals surface area (Å²) >= 11 is 0. The third-order valence-electron chi connectivity index (χ3n) is 3.44. The van der Waals surface area contributed by atoms with Gasteiger partial charge in [0.05, 0.1) is 5.60 Å². The molecule has 1 saturated carbocycles. The van der Waals surface area contributed by atoms with E-state index >= 15 is 0 Å². The van der Waals surface area contributed by atoms with E-state index in [2.05, 4.69) is 12.2 Å². The summed E-state index contributed by atoms with van der Waals surface area (Å²) < 4.78 is 43.1. The molecule has 102 valence electrons. The molecule has 0 aromatic heterocycles. The molecule has 3 atom stereocenters. The number of hydrogen-bond donors (Lipinski definition) is 1.